The Labute approximate surface area is 153 Å². The molecule has 0 bridgehead atoms. The Morgan fingerprint density at radius 1 is 0.808 bits per heavy atom. The first kappa shape index (κ1) is 17.5. The molecule has 3 aromatic carbocycles. The summed E-state index contributed by atoms with van der Waals surface area (Å²) in [4.78, 5) is 11.1. The molecule has 0 aliphatic carbocycles. The van der Waals surface area contributed by atoms with Gasteiger partial charge in [-0.1, -0.05) is 60.7 Å². The summed E-state index contributed by atoms with van der Waals surface area (Å²) in [6.45, 7) is 0. The Balaban J connectivity index is 1.65. The van der Waals surface area contributed by atoms with Crippen molar-refractivity contribution in [3.8, 4) is 11.5 Å². The monoisotopic (exact) mass is 344 g/mol. The molecule has 3 aromatic rings. The van der Waals surface area contributed by atoms with E-state index in [0.717, 1.165) is 34.6 Å². The highest BCUT2D eigenvalue weighted by molar-refractivity contribution is 5.90. The highest BCUT2D eigenvalue weighted by atomic mass is 16.5. The fourth-order valence-corrected chi connectivity index (χ4v) is 2.73. The maximum Gasteiger partial charge on any atom is 0.328 e. The molecule has 0 fully saturated rings. The number of hydrogen-bond donors (Lipinski definition) is 1. The van der Waals surface area contributed by atoms with E-state index in [4.69, 9.17) is 9.84 Å². The van der Waals surface area contributed by atoms with E-state index in [2.05, 4.69) is 0 Å². The summed E-state index contributed by atoms with van der Waals surface area (Å²) in [6, 6.07) is 27.2. The second-order valence-electron chi connectivity index (χ2n) is 5.93. The van der Waals surface area contributed by atoms with Gasteiger partial charge in [0.25, 0.3) is 0 Å². The molecular weight excluding hydrogens is 324 g/mol. The number of allylic oxidation sites excluding steroid dienone is 1. The van der Waals surface area contributed by atoms with Gasteiger partial charge < -0.3 is 9.84 Å². The number of aryl methyl sites for hydroxylation is 1. The smallest absolute Gasteiger partial charge is 0.328 e. The molecule has 130 valence electrons. The Kier molecular flexibility index (Phi) is 5.84. The van der Waals surface area contributed by atoms with E-state index in [-0.39, 0.29) is 0 Å². The zero-order valence-corrected chi connectivity index (χ0v) is 14.3. The molecule has 3 heteroatoms. The molecule has 0 unspecified atom stereocenters. The fraction of sp³-hybridized carbons (Fsp3) is 0.0870. The van der Waals surface area contributed by atoms with Gasteiger partial charge in [0.15, 0.2) is 0 Å². The van der Waals surface area contributed by atoms with Crippen LogP contribution in [-0.4, -0.2) is 11.1 Å². The van der Waals surface area contributed by atoms with Crippen LogP contribution in [0, 0.1) is 0 Å². The van der Waals surface area contributed by atoms with Crippen LogP contribution in [-0.2, 0) is 11.2 Å². The third kappa shape index (κ3) is 5.08. The van der Waals surface area contributed by atoms with E-state index in [0.29, 0.717) is 6.42 Å². The maximum absolute atomic E-state index is 11.1. The van der Waals surface area contributed by atoms with Crippen molar-refractivity contribution in [1.82, 2.24) is 0 Å². The lowest BCUT2D eigenvalue weighted by Gasteiger charge is -2.09. The predicted molar refractivity (Wildman–Crippen MR) is 103 cm³/mol. The highest BCUT2D eigenvalue weighted by Crippen LogP contribution is 2.24. The lowest BCUT2D eigenvalue weighted by atomic mass is 9.98. The summed E-state index contributed by atoms with van der Waals surface area (Å²) in [6.07, 6.45) is 2.72. The first-order valence-electron chi connectivity index (χ1n) is 8.51. The van der Waals surface area contributed by atoms with Crippen LogP contribution < -0.4 is 4.74 Å². The van der Waals surface area contributed by atoms with Crippen molar-refractivity contribution in [2.75, 3.05) is 0 Å². The van der Waals surface area contributed by atoms with Gasteiger partial charge in [-0.05, 0) is 53.8 Å². The van der Waals surface area contributed by atoms with Gasteiger partial charge in [-0.15, -0.1) is 0 Å². The fourth-order valence-electron chi connectivity index (χ4n) is 2.73. The molecule has 0 radical (unpaired) electrons. The van der Waals surface area contributed by atoms with Gasteiger partial charge in [0.05, 0.1) is 0 Å². The van der Waals surface area contributed by atoms with Crippen LogP contribution >= 0.6 is 0 Å². The largest absolute Gasteiger partial charge is 0.478 e. The molecule has 0 saturated heterocycles. The van der Waals surface area contributed by atoms with Crippen molar-refractivity contribution >= 4 is 11.5 Å². The molecule has 1 N–H and O–H groups in total. The minimum Gasteiger partial charge on any atom is -0.478 e. The van der Waals surface area contributed by atoms with E-state index in [1.165, 1.54) is 6.08 Å². The van der Waals surface area contributed by atoms with Crippen LogP contribution in [0.15, 0.2) is 91.0 Å². The summed E-state index contributed by atoms with van der Waals surface area (Å²) in [5, 5.41) is 9.13. The third-order valence-electron chi connectivity index (χ3n) is 4.03. The van der Waals surface area contributed by atoms with Gasteiger partial charge in [-0.2, -0.15) is 0 Å². The molecule has 0 aliphatic heterocycles. The number of carboxylic acids is 1. The molecule has 0 heterocycles. The number of carbonyl (C=O) groups is 1. The molecule has 0 saturated carbocycles. The quantitative estimate of drug-likeness (QED) is 0.569. The number of rotatable bonds is 7. The van der Waals surface area contributed by atoms with Gasteiger partial charge in [-0.3, -0.25) is 0 Å². The van der Waals surface area contributed by atoms with Gasteiger partial charge in [0, 0.05) is 6.08 Å². The van der Waals surface area contributed by atoms with Crippen LogP contribution in [0.3, 0.4) is 0 Å². The Morgan fingerprint density at radius 2 is 1.38 bits per heavy atom. The number of hydrogen-bond acceptors (Lipinski definition) is 2. The van der Waals surface area contributed by atoms with Gasteiger partial charge in [0.1, 0.15) is 11.5 Å². The molecule has 0 spiro atoms. The second-order valence-corrected chi connectivity index (χ2v) is 5.93. The molecule has 3 nitrogen and oxygen atoms in total. The van der Waals surface area contributed by atoms with E-state index >= 15 is 0 Å². The SMILES string of the molecule is O=C(O)/C=C(/CCc1ccc(Oc2ccccc2)cc1)c1ccccc1. The Bertz CT molecular complexity index is 866. The van der Waals surface area contributed by atoms with Crippen LogP contribution in [0.2, 0.25) is 0 Å². The topological polar surface area (TPSA) is 46.5 Å². The van der Waals surface area contributed by atoms with Gasteiger partial charge >= 0.3 is 5.97 Å². The summed E-state index contributed by atoms with van der Waals surface area (Å²) in [5.41, 5.74) is 2.90. The minimum atomic E-state index is -0.921. The molecule has 26 heavy (non-hydrogen) atoms. The standard InChI is InChI=1S/C23H20O3/c24-23(25)17-20(19-7-3-1-4-8-19)14-11-18-12-15-22(16-13-18)26-21-9-5-2-6-10-21/h1-10,12-13,15-17H,11,14H2,(H,24,25)/b20-17-. The van der Waals surface area contributed by atoms with E-state index in [9.17, 15) is 4.79 Å². The van der Waals surface area contributed by atoms with Crippen LogP contribution in [0.1, 0.15) is 17.5 Å². The lowest BCUT2D eigenvalue weighted by Crippen LogP contribution is -1.95. The van der Waals surface area contributed by atoms with Crippen molar-refractivity contribution in [2.24, 2.45) is 0 Å². The minimum absolute atomic E-state index is 0.662. The van der Waals surface area contributed by atoms with E-state index < -0.39 is 5.97 Å². The number of benzene rings is 3. The number of aliphatic carboxylic acids is 1. The van der Waals surface area contributed by atoms with Crippen molar-refractivity contribution in [1.29, 1.82) is 0 Å². The van der Waals surface area contributed by atoms with Crippen LogP contribution in [0.5, 0.6) is 11.5 Å². The predicted octanol–water partition coefficient (Wildman–Crippen LogP) is 5.58. The van der Waals surface area contributed by atoms with Crippen LogP contribution in [0.25, 0.3) is 5.57 Å². The summed E-state index contributed by atoms with van der Waals surface area (Å²) < 4.78 is 5.79. The lowest BCUT2D eigenvalue weighted by molar-refractivity contribution is -0.131. The molecule has 0 atom stereocenters. The number of ether oxygens (including phenoxy) is 1. The zero-order valence-electron chi connectivity index (χ0n) is 14.3. The zero-order chi connectivity index (χ0) is 18.2. The Morgan fingerprint density at radius 3 is 2.00 bits per heavy atom. The maximum atomic E-state index is 11.1. The molecule has 3 rings (SSSR count). The van der Waals surface area contributed by atoms with Crippen molar-refractivity contribution in [3.05, 3.63) is 102 Å². The summed E-state index contributed by atoms with van der Waals surface area (Å²) >= 11 is 0. The van der Waals surface area contributed by atoms with Gasteiger partial charge in [-0.25, -0.2) is 4.79 Å². The van der Waals surface area contributed by atoms with Gasteiger partial charge in [0.2, 0.25) is 0 Å². The summed E-state index contributed by atoms with van der Waals surface area (Å²) in [5.74, 6) is 0.663. The average Bonchev–Trinajstić information content (AvgIpc) is 2.67. The Hall–Kier alpha value is -3.33. The van der Waals surface area contributed by atoms with Crippen molar-refractivity contribution < 1.29 is 14.6 Å². The summed E-state index contributed by atoms with van der Waals surface area (Å²) in [7, 11) is 0. The van der Waals surface area contributed by atoms with Crippen LogP contribution in [0.4, 0.5) is 0 Å². The number of para-hydroxylation sites is 1. The first-order chi connectivity index (χ1) is 12.7. The average molecular weight is 344 g/mol. The normalized spacial score (nSPS) is 11.2. The van der Waals surface area contributed by atoms with Crippen molar-refractivity contribution in [3.63, 3.8) is 0 Å². The third-order valence-corrected chi connectivity index (χ3v) is 4.03. The molecule has 0 aromatic heterocycles. The van der Waals surface area contributed by atoms with Crippen molar-refractivity contribution in [2.45, 2.75) is 12.8 Å². The van der Waals surface area contributed by atoms with E-state index in [1.807, 2.05) is 84.9 Å². The highest BCUT2D eigenvalue weighted by Gasteiger charge is 2.05. The van der Waals surface area contributed by atoms with E-state index in [1.54, 1.807) is 0 Å². The number of carboxylic acid groups (broad SMARTS) is 1. The molecular formula is C23H20O3. The molecule has 0 amide bonds. The molecule has 0 aliphatic rings. The second kappa shape index (κ2) is 8.67. The first-order valence-corrected chi connectivity index (χ1v) is 8.51.